The van der Waals surface area contributed by atoms with Crippen LogP contribution in [0.4, 0.5) is 10.5 Å². The normalized spacial score (nSPS) is 17.2. The molecule has 1 N–H and O–H groups in total. The first-order chi connectivity index (χ1) is 12.2. The number of esters is 1. The van der Waals surface area contributed by atoms with E-state index in [4.69, 9.17) is 4.74 Å². The van der Waals surface area contributed by atoms with E-state index in [-0.39, 0.29) is 17.9 Å². The average molecular weight is 344 g/mol. The summed E-state index contributed by atoms with van der Waals surface area (Å²) in [6.07, 6.45) is 6.05. The van der Waals surface area contributed by atoms with Gasteiger partial charge in [0, 0.05) is 13.1 Å². The van der Waals surface area contributed by atoms with Crippen molar-refractivity contribution in [3.63, 3.8) is 0 Å². The molecule has 1 aliphatic heterocycles. The zero-order chi connectivity index (χ0) is 17.6. The Hall–Kier alpha value is -2.97. The number of likely N-dealkylation sites (tertiary alicyclic amines) is 1. The molecule has 2 aromatic heterocycles. The smallest absolute Gasteiger partial charge is 0.321 e. The predicted octanol–water partition coefficient (Wildman–Crippen LogP) is 1.47. The number of urea groups is 1. The summed E-state index contributed by atoms with van der Waals surface area (Å²) in [5.41, 5.74) is 0.576. The maximum atomic E-state index is 12.4. The molecule has 0 aromatic carbocycles. The van der Waals surface area contributed by atoms with Gasteiger partial charge in [0.25, 0.3) is 0 Å². The van der Waals surface area contributed by atoms with Crippen LogP contribution in [0.5, 0.6) is 0 Å². The van der Waals surface area contributed by atoms with Crippen molar-refractivity contribution < 1.29 is 14.3 Å². The van der Waals surface area contributed by atoms with Gasteiger partial charge in [0.05, 0.1) is 24.4 Å². The molecule has 3 heterocycles. The summed E-state index contributed by atoms with van der Waals surface area (Å²) in [7, 11) is 0. The highest BCUT2D eigenvalue weighted by atomic mass is 16.5. The molecule has 3 rings (SSSR count). The second-order valence-corrected chi connectivity index (χ2v) is 5.71. The zero-order valence-corrected chi connectivity index (χ0v) is 14.0. The Morgan fingerprint density at radius 2 is 2.28 bits per heavy atom. The molecule has 0 aliphatic carbocycles. The number of nitrogens with zero attached hydrogens (tertiary/aromatic N) is 5. The van der Waals surface area contributed by atoms with Gasteiger partial charge in [-0.2, -0.15) is 5.10 Å². The third-order valence-electron chi connectivity index (χ3n) is 3.98. The molecular formula is C16H20N6O3. The van der Waals surface area contributed by atoms with Gasteiger partial charge in [-0.25, -0.2) is 19.4 Å². The molecule has 0 bridgehead atoms. The monoisotopic (exact) mass is 344 g/mol. The van der Waals surface area contributed by atoms with Crippen LogP contribution < -0.4 is 5.32 Å². The highest BCUT2D eigenvalue weighted by Gasteiger charge is 2.29. The first-order valence-electron chi connectivity index (χ1n) is 8.21. The zero-order valence-electron chi connectivity index (χ0n) is 14.0. The van der Waals surface area contributed by atoms with E-state index in [9.17, 15) is 9.59 Å². The van der Waals surface area contributed by atoms with E-state index < -0.39 is 0 Å². The Morgan fingerprint density at radius 1 is 1.40 bits per heavy atom. The van der Waals surface area contributed by atoms with Crippen molar-refractivity contribution in [1.29, 1.82) is 0 Å². The molecule has 25 heavy (non-hydrogen) atoms. The number of piperidine rings is 1. The molecular weight excluding hydrogens is 324 g/mol. The van der Waals surface area contributed by atoms with Gasteiger partial charge in [-0.15, -0.1) is 0 Å². The Balaban J connectivity index is 1.59. The lowest BCUT2D eigenvalue weighted by molar-refractivity contribution is -0.149. The van der Waals surface area contributed by atoms with Crippen LogP contribution in [0.2, 0.25) is 0 Å². The van der Waals surface area contributed by atoms with Crippen LogP contribution in [0, 0.1) is 5.92 Å². The summed E-state index contributed by atoms with van der Waals surface area (Å²) in [5, 5.41) is 6.80. The maximum absolute atomic E-state index is 12.4. The molecule has 0 unspecified atom stereocenters. The lowest BCUT2D eigenvalue weighted by atomic mass is 9.98. The number of rotatable bonds is 4. The Morgan fingerprint density at radius 3 is 2.96 bits per heavy atom. The number of pyridine rings is 1. The van der Waals surface area contributed by atoms with E-state index in [1.807, 2.05) is 0 Å². The summed E-state index contributed by atoms with van der Waals surface area (Å²) >= 11 is 0. The molecule has 1 atom stereocenters. The molecule has 9 heteroatoms. The average Bonchev–Trinajstić information content (AvgIpc) is 3.17. The van der Waals surface area contributed by atoms with Crippen LogP contribution >= 0.6 is 0 Å². The van der Waals surface area contributed by atoms with Crippen LogP contribution in [-0.2, 0) is 9.53 Å². The first-order valence-corrected chi connectivity index (χ1v) is 8.21. The number of aromatic nitrogens is 4. The highest BCUT2D eigenvalue weighted by molar-refractivity contribution is 5.89. The van der Waals surface area contributed by atoms with Gasteiger partial charge in [0.2, 0.25) is 0 Å². The molecule has 1 saturated heterocycles. The second kappa shape index (κ2) is 7.73. The quantitative estimate of drug-likeness (QED) is 0.843. The summed E-state index contributed by atoms with van der Waals surface area (Å²) in [6.45, 7) is 3.12. The Bertz CT molecular complexity index is 716. The molecule has 1 aliphatic rings. The molecule has 0 spiro atoms. The fraction of sp³-hybridized carbons (Fsp3) is 0.438. The maximum Gasteiger partial charge on any atom is 0.321 e. The van der Waals surface area contributed by atoms with Crippen molar-refractivity contribution in [3.05, 3.63) is 31.0 Å². The number of hydrogen-bond acceptors (Lipinski definition) is 6. The van der Waals surface area contributed by atoms with Crippen molar-refractivity contribution in [2.45, 2.75) is 19.8 Å². The lowest BCUT2D eigenvalue weighted by Gasteiger charge is -2.31. The first kappa shape index (κ1) is 16.9. The van der Waals surface area contributed by atoms with Crippen molar-refractivity contribution >= 4 is 17.7 Å². The van der Waals surface area contributed by atoms with E-state index in [1.54, 1.807) is 36.5 Å². The van der Waals surface area contributed by atoms with Gasteiger partial charge in [-0.05, 0) is 31.9 Å². The Labute approximate surface area is 145 Å². The van der Waals surface area contributed by atoms with Crippen LogP contribution in [0.3, 0.4) is 0 Å². The van der Waals surface area contributed by atoms with Gasteiger partial charge in [0.1, 0.15) is 12.7 Å². The number of nitrogens with one attached hydrogen (secondary N) is 1. The topological polar surface area (TPSA) is 102 Å². The minimum atomic E-state index is -0.257. The molecule has 0 radical (unpaired) electrons. The summed E-state index contributed by atoms with van der Waals surface area (Å²) < 4.78 is 6.58. The number of ether oxygens (including phenoxy) is 1. The molecule has 132 valence electrons. The largest absolute Gasteiger partial charge is 0.466 e. The third-order valence-corrected chi connectivity index (χ3v) is 3.98. The van der Waals surface area contributed by atoms with Crippen molar-refractivity contribution in [2.24, 2.45) is 5.92 Å². The minimum Gasteiger partial charge on any atom is -0.466 e. The SMILES string of the molecule is CCOC(=O)[C@H]1CCCN(C(=O)Nc2ccc(-n3cncn3)nc2)C1. The highest BCUT2D eigenvalue weighted by Crippen LogP contribution is 2.19. The second-order valence-electron chi connectivity index (χ2n) is 5.71. The number of amides is 2. The van der Waals surface area contributed by atoms with E-state index in [2.05, 4.69) is 20.4 Å². The van der Waals surface area contributed by atoms with Crippen molar-refractivity contribution in [2.75, 3.05) is 25.0 Å². The predicted molar refractivity (Wildman–Crippen MR) is 89.1 cm³/mol. The molecule has 1 fully saturated rings. The Kier molecular flexibility index (Phi) is 5.22. The van der Waals surface area contributed by atoms with Crippen LogP contribution in [0.1, 0.15) is 19.8 Å². The number of hydrogen-bond donors (Lipinski definition) is 1. The number of carbonyl (C=O) groups excluding carboxylic acids is 2. The molecule has 2 amide bonds. The number of anilines is 1. The van der Waals surface area contributed by atoms with E-state index >= 15 is 0 Å². The van der Waals surface area contributed by atoms with Gasteiger partial charge in [0.15, 0.2) is 5.82 Å². The number of carbonyl (C=O) groups is 2. The molecule has 2 aromatic rings. The van der Waals surface area contributed by atoms with Crippen molar-refractivity contribution in [1.82, 2.24) is 24.6 Å². The van der Waals surface area contributed by atoms with E-state index in [0.717, 1.165) is 12.8 Å². The molecule has 0 saturated carbocycles. The lowest BCUT2D eigenvalue weighted by Crippen LogP contribution is -2.44. The van der Waals surface area contributed by atoms with Gasteiger partial charge >= 0.3 is 12.0 Å². The fourth-order valence-electron chi connectivity index (χ4n) is 2.74. The fourth-order valence-corrected chi connectivity index (χ4v) is 2.74. The van der Waals surface area contributed by atoms with Gasteiger partial charge in [-0.3, -0.25) is 4.79 Å². The van der Waals surface area contributed by atoms with E-state index in [1.165, 1.54) is 11.0 Å². The van der Waals surface area contributed by atoms with E-state index in [0.29, 0.717) is 31.2 Å². The van der Waals surface area contributed by atoms with Crippen molar-refractivity contribution in [3.8, 4) is 5.82 Å². The third kappa shape index (κ3) is 4.11. The minimum absolute atomic E-state index is 0.237. The summed E-state index contributed by atoms with van der Waals surface area (Å²) in [6, 6.07) is 3.24. The van der Waals surface area contributed by atoms with Gasteiger partial charge in [-0.1, -0.05) is 0 Å². The summed E-state index contributed by atoms with van der Waals surface area (Å²) in [5.74, 6) is 0.113. The standard InChI is InChI=1S/C16H20N6O3/c1-2-25-15(23)12-4-3-7-21(9-12)16(24)20-13-5-6-14(18-8-13)22-11-17-10-19-22/h5-6,8,10-12H,2-4,7,9H2,1H3,(H,20,24)/t12-/m0/s1. The van der Waals surface area contributed by atoms with Crippen LogP contribution in [0.25, 0.3) is 5.82 Å². The molecule has 9 nitrogen and oxygen atoms in total. The van der Waals surface area contributed by atoms with Crippen LogP contribution in [0.15, 0.2) is 31.0 Å². The van der Waals surface area contributed by atoms with Crippen LogP contribution in [-0.4, -0.2) is 56.3 Å². The van der Waals surface area contributed by atoms with Gasteiger partial charge < -0.3 is 15.0 Å². The summed E-state index contributed by atoms with van der Waals surface area (Å²) in [4.78, 5) is 34.0.